The lowest BCUT2D eigenvalue weighted by Crippen LogP contribution is -2.43. The highest BCUT2D eigenvalue weighted by Crippen LogP contribution is 2.22. The zero-order valence-electron chi connectivity index (χ0n) is 10.4. The fraction of sp³-hybridized carbons (Fsp3) is 0.182. The van der Waals surface area contributed by atoms with E-state index in [2.05, 4.69) is 0 Å². The fourth-order valence-corrected chi connectivity index (χ4v) is 1.66. The summed E-state index contributed by atoms with van der Waals surface area (Å²) in [6.07, 6.45) is -0.643. The SMILES string of the molecule is NC(=O)C[C@H](NC(=O)c1cc(Cl)ccc1[N+](=O)[O-])C(=O)O. The Morgan fingerprint density at radius 3 is 2.52 bits per heavy atom. The number of nitrogens with zero attached hydrogens (tertiary/aromatic N) is 1. The summed E-state index contributed by atoms with van der Waals surface area (Å²) in [5, 5.41) is 21.7. The van der Waals surface area contributed by atoms with E-state index < -0.39 is 46.4 Å². The van der Waals surface area contributed by atoms with Gasteiger partial charge in [-0.05, 0) is 12.1 Å². The van der Waals surface area contributed by atoms with Crippen molar-refractivity contribution in [3.8, 4) is 0 Å². The van der Waals surface area contributed by atoms with Crippen LogP contribution in [-0.4, -0.2) is 33.9 Å². The Morgan fingerprint density at radius 1 is 1.43 bits per heavy atom. The van der Waals surface area contributed by atoms with Crippen LogP contribution >= 0.6 is 11.6 Å². The molecule has 0 unspecified atom stereocenters. The molecule has 1 atom stereocenters. The molecule has 0 aromatic heterocycles. The maximum atomic E-state index is 11.9. The molecule has 9 nitrogen and oxygen atoms in total. The van der Waals surface area contributed by atoms with Gasteiger partial charge in [-0.15, -0.1) is 0 Å². The lowest BCUT2D eigenvalue weighted by Gasteiger charge is -2.13. The molecule has 0 fully saturated rings. The number of benzene rings is 1. The van der Waals surface area contributed by atoms with Crippen molar-refractivity contribution >= 4 is 35.1 Å². The van der Waals surface area contributed by atoms with Gasteiger partial charge in [0.25, 0.3) is 11.6 Å². The highest BCUT2D eigenvalue weighted by Gasteiger charge is 2.26. The van der Waals surface area contributed by atoms with Crippen LogP contribution in [0.5, 0.6) is 0 Å². The predicted octanol–water partition coefficient (Wildman–Crippen LogP) is 0.307. The minimum absolute atomic E-state index is 0.0625. The Labute approximate surface area is 122 Å². The van der Waals surface area contributed by atoms with E-state index in [1.807, 2.05) is 5.32 Å². The molecule has 112 valence electrons. The summed E-state index contributed by atoms with van der Waals surface area (Å²) < 4.78 is 0. The molecule has 0 aliphatic rings. The summed E-state index contributed by atoms with van der Waals surface area (Å²) in [5.41, 5.74) is 3.91. The number of hydrogen-bond acceptors (Lipinski definition) is 5. The lowest BCUT2D eigenvalue weighted by atomic mass is 10.1. The standard InChI is InChI=1S/C11H10ClN3O6/c12-5-1-2-8(15(20)21)6(3-5)10(17)14-7(11(18)19)4-9(13)16/h1-3,7H,4H2,(H2,13,16)(H,14,17)(H,18,19)/t7-/m0/s1. The third kappa shape index (κ3) is 4.42. The maximum Gasteiger partial charge on any atom is 0.326 e. The van der Waals surface area contributed by atoms with Crippen molar-refractivity contribution in [1.29, 1.82) is 0 Å². The number of carboxylic acid groups (broad SMARTS) is 1. The molecule has 0 saturated carbocycles. The molecule has 0 spiro atoms. The number of amides is 2. The maximum absolute atomic E-state index is 11.9. The van der Waals surface area contributed by atoms with Crippen molar-refractivity contribution < 1.29 is 24.4 Å². The highest BCUT2D eigenvalue weighted by molar-refractivity contribution is 6.31. The second-order valence-electron chi connectivity index (χ2n) is 3.95. The Morgan fingerprint density at radius 2 is 2.05 bits per heavy atom. The Hall–Kier alpha value is -2.68. The van der Waals surface area contributed by atoms with E-state index in [1.165, 1.54) is 6.07 Å². The van der Waals surface area contributed by atoms with Crippen LogP contribution in [0.2, 0.25) is 5.02 Å². The molecule has 0 aliphatic carbocycles. The number of aliphatic carboxylic acids is 1. The number of rotatable bonds is 6. The Balaban J connectivity index is 3.07. The van der Waals surface area contributed by atoms with Gasteiger partial charge in [0.05, 0.1) is 11.3 Å². The van der Waals surface area contributed by atoms with E-state index in [9.17, 15) is 24.5 Å². The van der Waals surface area contributed by atoms with Gasteiger partial charge in [0.1, 0.15) is 11.6 Å². The largest absolute Gasteiger partial charge is 0.480 e. The van der Waals surface area contributed by atoms with Crippen LogP contribution < -0.4 is 11.1 Å². The van der Waals surface area contributed by atoms with E-state index in [0.29, 0.717) is 0 Å². The fourth-order valence-electron chi connectivity index (χ4n) is 1.49. The number of carbonyl (C=O) groups excluding carboxylic acids is 2. The molecule has 0 radical (unpaired) electrons. The minimum atomic E-state index is -1.59. The first-order valence-corrected chi connectivity index (χ1v) is 5.86. The molecule has 0 bridgehead atoms. The molecular formula is C11H10ClN3O6. The van der Waals surface area contributed by atoms with Crippen LogP contribution in [0.25, 0.3) is 0 Å². The Kier molecular flexibility index (Phi) is 5.19. The topological polar surface area (TPSA) is 153 Å². The number of carboxylic acids is 1. The van der Waals surface area contributed by atoms with Crippen molar-refractivity contribution in [3.63, 3.8) is 0 Å². The molecule has 1 rings (SSSR count). The highest BCUT2D eigenvalue weighted by atomic mass is 35.5. The zero-order chi connectivity index (χ0) is 16.2. The molecule has 0 heterocycles. The molecule has 1 aromatic rings. The van der Waals surface area contributed by atoms with Crippen molar-refractivity contribution in [1.82, 2.24) is 5.32 Å². The average molecular weight is 316 g/mol. The van der Waals surface area contributed by atoms with Crippen LogP contribution in [0, 0.1) is 10.1 Å². The minimum Gasteiger partial charge on any atom is -0.480 e. The molecule has 0 saturated heterocycles. The van der Waals surface area contributed by atoms with E-state index in [4.69, 9.17) is 22.4 Å². The zero-order valence-corrected chi connectivity index (χ0v) is 11.2. The van der Waals surface area contributed by atoms with Gasteiger partial charge in [0.2, 0.25) is 5.91 Å². The monoisotopic (exact) mass is 315 g/mol. The second kappa shape index (κ2) is 6.66. The van der Waals surface area contributed by atoms with Crippen LogP contribution in [0.3, 0.4) is 0 Å². The molecule has 4 N–H and O–H groups in total. The number of nitro benzene ring substituents is 1. The lowest BCUT2D eigenvalue weighted by molar-refractivity contribution is -0.385. The number of halogens is 1. The summed E-state index contributed by atoms with van der Waals surface area (Å²) in [7, 11) is 0. The van der Waals surface area contributed by atoms with Crippen molar-refractivity contribution in [3.05, 3.63) is 38.9 Å². The molecule has 0 aliphatic heterocycles. The third-order valence-electron chi connectivity index (χ3n) is 2.41. The number of primary amides is 1. The van der Waals surface area contributed by atoms with Gasteiger partial charge in [0, 0.05) is 11.1 Å². The normalized spacial score (nSPS) is 11.5. The molecular weight excluding hydrogens is 306 g/mol. The third-order valence-corrected chi connectivity index (χ3v) is 2.64. The number of nitrogens with two attached hydrogens (primary N) is 1. The summed E-state index contributed by atoms with van der Waals surface area (Å²) in [6.45, 7) is 0. The number of nitrogens with one attached hydrogen (secondary N) is 1. The van der Waals surface area contributed by atoms with Gasteiger partial charge in [-0.25, -0.2) is 4.79 Å². The summed E-state index contributed by atoms with van der Waals surface area (Å²) >= 11 is 5.66. The van der Waals surface area contributed by atoms with Gasteiger partial charge in [-0.1, -0.05) is 11.6 Å². The van der Waals surface area contributed by atoms with E-state index in [-0.39, 0.29) is 5.02 Å². The molecule has 10 heteroatoms. The number of carbonyl (C=O) groups is 3. The van der Waals surface area contributed by atoms with Gasteiger partial charge < -0.3 is 16.2 Å². The summed E-state index contributed by atoms with van der Waals surface area (Å²) in [6, 6.07) is 1.67. The van der Waals surface area contributed by atoms with E-state index in [1.54, 1.807) is 0 Å². The van der Waals surface area contributed by atoms with E-state index in [0.717, 1.165) is 12.1 Å². The van der Waals surface area contributed by atoms with Gasteiger partial charge in [-0.2, -0.15) is 0 Å². The second-order valence-corrected chi connectivity index (χ2v) is 4.39. The van der Waals surface area contributed by atoms with Gasteiger partial charge >= 0.3 is 5.97 Å². The summed E-state index contributed by atoms with van der Waals surface area (Å²) in [4.78, 5) is 43.6. The van der Waals surface area contributed by atoms with Crippen molar-refractivity contribution in [2.75, 3.05) is 0 Å². The average Bonchev–Trinajstić information content (AvgIpc) is 2.36. The van der Waals surface area contributed by atoms with Crippen LogP contribution in [0.1, 0.15) is 16.8 Å². The first-order valence-electron chi connectivity index (χ1n) is 5.48. The molecule has 21 heavy (non-hydrogen) atoms. The smallest absolute Gasteiger partial charge is 0.326 e. The van der Waals surface area contributed by atoms with Crippen LogP contribution in [0.15, 0.2) is 18.2 Å². The van der Waals surface area contributed by atoms with Crippen molar-refractivity contribution in [2.24, 2.45) is 5.73 Å². The predicted molar refractivity (Wildman–Crippen MR) is 70.8 cm³/mol. The molecule has 2 amide bonds. The number of hydrogen-bond donors (Lipinski definition) is 3. The first-order chi connectivity index (χ1) is 9.72. The number of nitro groups is 1. The quantitative estimate of drug-likeness (QED) is 0.507. The molecule has 1 aromatic carbocycles. The van der Waals surface area contributed by atoms with Crippen molar-refractivity contribution in [2.45, 2.75) is 12.5 Å². The van der Waals surface area contributed by atoms with Crippen LogP contribution in [-0.2, 0) is 9.59 Å². The van der Waals surface area contributed by atoms with Crippen LogP contribution in [0.4, 0.5) is 5.69 Å². The van der Waals surface area contributed by atoms with Gasteiger partial charge in [-0.3, -0.25) is 19.7 Å². The Bertz CT molecular complexity index is 618. The van der Waals surface area contributed by atoms with Gasteiger partial charge in [0.15, 0.2) is 0 Å². The van der Waals surface area contributed by atoms with E-state index >= 15 is 0 Å². The first kappa shape index (κ1) is 16.4. The summed E-state index contributed by atoms with van der Waals surface area (Å²) in [5.74, 6) is -3.48.